The maximum absolute atomic E-state index is 12.6. The molecule has 0 aliphatic carbocycles. The summed E-state index contributed by atoms with van der Waals surface area (Å²) in [5, 5.41) is 7.03. The molecule has 0 saturated heterocycles. The number of carbonyl (C=O) groups is 1. The van der Waals surface area contributed by atoms with Gasteiger partial charge in [-0.3, -0.25) is 4.79 Å². The number of amides is 1. The molecule has 0 fully saturated rings. The van der Waals surface area contributed by atoms with E-state index in [9.17, 15) is 4.79 Å². The predicted molar refractivity (Wildman–Crippen MR) is 95.7 cm³/mol. The van der Waals surface area contributed by atoms with E-state index >= 15 is 0 Å². The van der Waals surface area contributed by atoms with Crippen molar-refractivity contribution < 1.29 is 14.3 Å². The van der Waals surface area contributed by atoms with Crippen LogP contribution < -0.4 is 14.8 Å². The lowest BCUT2D eigenvalue weighted by Gasteiger charge is -2.25. The van der Waals surface area contributed by atoms with Crippen molar-refractivity contribution in [1.82, 2.24) is 14.8 Å². The molecule has 2 aromatic heterocycles. The van der Waals surface area contributed by atoms with E-state index < -0.39 is 0 Å². The number of nitrogens with zero attached hydrogens (tertiary/aromatic N) is 3. The topological polar surface area (TPSA) is 78.3 Å². The van der Waals surface area contributed by atoms with Gasteiger partial charge >= 0.3 is 0 Å². The number of aromatic nitrogens is 3. The SMILES string of the molecule is COc1ccc2c(c1)CC(C(=O)Nc1ccc(-n3cccn3)nc1)CO2. The van der Waals surface area contributed by atoms with Gasteiger partial charge in [0, 0.05) is 12.4 Å². The number of pyridine rings is 1. The third-order valence-electron chi connectivity index (χ3n) is 4.30. The Kier molecular flexibility index (Phi) is 4.27. The van der Waals surface area contributed by atoms with Gasteiger partial charge in [-0.05, 0) is 48.4 Å². The smallest absolute Gasteiger partial charge is 0.231 e. The van der Waals surface area contributed by atoms with Crippen LogP contribution in [-0.2, 0) is 11.2 Å². The van der Waals surface area contributed by atoms with Crippen LogP contribution in [0.25, 0.3) is 5.82 Å². The molecule has 1 aromatic carbocycles. The fraction of sp³-hybridized carbons (Fsp3) is 0.211. The maximum Gasteiger partial charge on any atom is 0.231 e. The predicted octanol–water partition coefficient (Wildman–Crippen LogP) is 2.47. The largest absolute Gasteiger partial charge is 0.497 e. The minimum absolute atomic E-state index is 0.0906. The van der Waals surface area contributed by atoms with E-state index in [2.05, 4.69) is 15.4 Å². The first kappa shape index (κ1) is 16.1. The summed E-state index contributed by atoms with van der Waals surface area (Å²) in [4.78, 5) is 16.9. The van der Waals surface area contributed by atoms with Gasteiger partial charge < -0.3 is 14.8 Å². The first-order chi connectivity index (χ1) is 12.7. The number of hydrogen-bond donors (Lipinski definition) is 1. The Labute approximate surface area is 150 Å². The molecule has 1 aliphatic heterocycles. The summed E-state index contributed by atoms with van der Waals surface area (Å²) in [7, 11) is 1.62. The van der Waals surface area contributed by atoms with Crippen LogP contribution in [0.2, 0.25) is 0 Å². The lowest BCUT2D eigenvalue weighted by molar-refractivity contribution is -0.121. The van der Waals surface area contributed by atoms with Gasteiger partial charge in [0.2, 0.25) is 5.91 Å². The van der Waals surface area contributed by atoms with Gasteiger partial charge in [0.15, 0.2) is 5.82 Å². The highest BCUT2D eigenvalue weighted by atomic mass is 16.5. The van der Waals surface area contributed by atoms with Crippen LogP contribution in [0.5, 0.6) is 11.5 Å². The Balaban J connectivity index is 1.43. The van der Waals surface area contributed by atoms with Gasteiger partial charge in [0.05, 0.1) is 24.9 Å². The Bertz CT molecular complexity index is 907. The highest BCUT2D eigenvalue weighted by Crippen LogP contribution is 2.31. The Morgan fingerprint density at radius 2 is 2.27 bits per heavy atom. The summed E-state index contributed by atoms with van der Waals surface area (Å²) in [5.41, 5.74) is 1.62. The van der Waals surface area contributed by atoms with E-state index in [0.29, 0.717) is 24.5 Å². The minimum Gasteiger partial charge on any atom is -0.497 e. The van der Waals surface area contributed by atoms with Gasteiger partial charge in [-0.1, -0.05) is 0 Å². The van der Waals surface area contributed by atoms with Crippen molar-refractivity contribution >= 4 is 11.6 Å². The van der Waals surface area contributed by atoms with Crippen molar-refractivity contribution in [1.29, 1.82) is 0 Å². The van der Waals surface area contributed by atoms with E-state index in [1.165, 1.54) is 0 Å². The molecular formula is C19H18N4O3. The number of methoxy groups -OCH3 is 1. The molecule has 0 bridgehead atoms. The van der Waals surface area contributed by atoms with Gasteiger partial charge in [0.25, 0.3) is 0 Å². The van der Waals surface area contributed by atoms with Crippen molar-refractivity contribution in [3.63, 3.8) is 0 Å². The van der Waals surface area contributed by atoms with E-state index in [0.717, 1.165) is 17.1 Å². The summed E-state index contributed by atoms with van der Waals surface area (Å²) in [6.45, 7) is 0.351. The molecule has 26 heavy (non-hydrogen) atoms. The fourth-order valence-corrected chi connectivity index (χ4v) is 2.91. The monoisotopic (exact) mass is 350 g/mol. The summed E-state index contributed by atoms with van der Waals surface area (Å²) in [6, 6.07) is 11.1. The van der Waals surface area contributed by atoms with Crippen molar-refractivity contribution in [3.8, 4) is 17.3 Å². The maximum atomic E-state index is 12.6. The molecule has 1 unspecified atom stereocenters. The molecule has 7 nitrogen and oxygen atoms in total. The van der Waals surface area contributed by atoms with Crippen LogP contribution in [0.3, 0.4) is 0 Å². The minimum atomic E-state index is -0.264. The molecule has 0 saturated carbocycles. The van der Waals surface area contributed by atoms with E-state index in [1.807, 2.05) is 36.5 Å². The zero-order chi connectivity index (χ0) is 17.9. The summed E-state index contributed by atoms with van der Waals surface area (Å²) in [5.74, 6) is 1.90. The molecule has 0 spiro atoms. The van der Waals surface area contributed by atoms with Crippen LogP contribution in [0, 0.1) is 5.92 Å². The van der Waals surface area contributed by atoms with Crippen molar-refractivity contribution in [2.75, 3.05) is 19.0 Å². The van der Waals surface area contributed by atoms with Crippen LogP contribution >= 0.6 is 0 Å². The molecule has 1 aliphatic rings. The molecule has 7 heteroatoms. The van der Waals surface area contributed by atoms with Crippen molar-refractivity contribution in [2.45, 2.75) is 6.42 Å². The van der Waals surface area contributed by atoms with Crippen molar-refractivity contribution in [2.24, 2.45) is 5.92 Å². The average molecular weight is 350 g/mol. The highest BCUT2D eigenvalue weighted by Gasteiger charge is 2.26. The van der Waals surface area contributed by atoms with E-state index in [4.69, 9.17) is 9.47 Å². The summed E-state index contributed by atoms with van der Waals surface area (Å²) < 4.78 is 12.6. The number of ether oxygens (including phenoxy) is 2. The van der Waals surface area contributed by atoms with E-state index in [-0.39, 0.29) is 11.8 Å². The number of rotatable bonds is 4. The molecule has 3 heterocycles. The molecule has 4 rings (SSSR count). The fourth-order valence-electron chi connectivity index (χ4n) is 2.91. The normalized spacial score (nSPS) is 15.7. The quantitative estimate of drug-likeness (QED) is 0.782. The van der Waals surface area contributed by atoms with E-state index in [1.54, 1.807) is 30.3 Å². The second-order valence-corrected chi connectivity index (χ2v) is 6.03. The Hall–Kier alpha value is -3.35. The van der Waals surface area contributed by atoms with Crippen LogP contribution in [0.1, 0.15) is 5.56 Å². The highest BCUT2D eigenvalue weighted by molar-refractivity contribution is 5.93. The Morgan fingerprint density at radius 3 is 3.00 bits per heavy atom. The van der Waals surface area contributed by atoms with Gasteiger partial charge in [-0.25, -0.2) is 9.67 Å². The summed E-state index contributed by atoms with van der Waals surface area (Å²) in [6.07, 6.45) is 5.73. The summed E-state index contributed by atoms with van der Waals surface area (Å²) >= 11 is 0. The van der Waals surface area contributed by atoms with Crippen LogP contribution in [-0.4, -0.2) is 34.4 Å². The second kappa shape index (κ2) is 6.87. The molecule has 1 amide bonds. The molecule has 132 valence electrons. The molecular weight excluding hydrogens is 332 g/mol. The second-order valence-electron chi connectivity index (χ2n) is 6.03. The average Bonchev–Trinajstić information content (AvgIpc) is 3.22. The number of carbonyl (C=O) groups excluding carboxylic acids is 1. The third kappa shape index (κ3) is 3.23. The zero-order valence-electron chi connectivity index (χ0n) is 14.3. The zero-order valence-corrected chi connectivity index (χ0v) is 14.3. The van der Waals surface area contributed by atoms with Gasteiger partial charge in [-0.15, -0.1) is 0 Å². The van der Waals surface area contributed by atoms with Crippen LogP contribution in [0.15, 0.2) is 55.0 Å². The number of fused-ring (bicyclic) bond motifs is 1. The number of anilines is 1. The number of nitrogens with one attached hydrogen (secondary N) is 1. The van der Waals surface area contributed by atoms with Gasteiger partial charge in [0.1, 0.15) is 18.1 Å². The molecule has 1 atom stereocenters. The molecule has 1 N–H and O–H groups in total. The van der Waals surface area contributed by atoms with Gasteiger partial charge in [-0.2, -0.15) is 5.10 Å². The lowest BCUT2D eigenvalue weighted by Crippen LogP contribution is -2.32. The number of benzene rings is 1. The third-order valence-corrected chi connectivity index (χ3v) is 4.30. The molecule has 3 aromatic rings. The lowest BCUT2D eigenvalue weighted by atomic mass is 9.95. The van der Waals surface area contributed by atoms with Crippen molar-refractivity contribution in [3.05, 3.63) is 60.6 Å². The van der Waals surface area contributed by atoms with Crippen LogP contribution in [0.4, 0.5) is 5.69 Å². The first-order valence-corrected chi connectivity index (χ1v) is 8.29. The Morgan fingerprint density at radius 1 is 1.35 bits per heavy atom. The number of hydrogen-bond acceptors (Lipinski definition) is 5. The first-order valence-electron chi connectivity index (χ1n) is 8.29. The standard InChI is InChI=1S/C19H18N4O3/c1-25-16-4-5-17-13(10-16)9-14(12-26-17)19(24)22-15-3-6-18(20-11-15)23-8-2-7-21-23/h2-8,10-11,14H,9,12H2,1H3,(H,22,24). The molecule has 0 radical (unpaired) electrons.